The summed E-state index contributed by atoms with van der Waals surface area (Å²) in [6, 6.07) is 33.8. The van der Waals surface area contributed by atoms with Gasteiger partial charge in [-0.25, -0.2) is 4.98 Å². The van der Waals surface area contributed by atoms with Crippen LogP contribution in [0.4, 0.5) is 0 Å². The quantitative estimate of drug-likeness (QED) is 0.294. The second-order valence-electron chi connectivity index (χ2n) is 6.61. The number of rotatable bonds is 2. The Morgan fingerprint density at radius 2 is 0.963 bits per heavy atom. The molecule has 1 nitrogen and oxygen atoms in total. The number of fused-ring (bicyclic) bond motifs is 2. The van der Waals surface area contributed by atoms with Crippen molar-refractivity contribution >= 4 is 37.5 Å². The number of aromatic nitrogens is 1. The molecule has 4 aromatic carbocycles. The van der Waals surface area contributed by atoms with E-state index in [4.69, 9.17) is 4.98 Å². The van der Waals surface area contributed by atoms with E-state index >= 15 is 0 Å². The highest BCUT2D eigenvalue weighted by molar-refractivity contribution is 9.10. The predicted octanol–water partition coefficient (Wildman–Crippen LogP) is 7.48. The SMILES string of the molecule is Brc1cc(-c2cccc3ccccc23)nc(-c2cccc3ccccc23)c1. The number of pyridine rings is 1. The number of hydrogen-bond acceptors (Lipinski definition) is 1. The fourth-order valence-electron chi connectivity index (χ4n) is 3.67. The topological polar surface area (TPSA) is 12.9 Å². The van der Waals surface area contributed by atoms with Gasteiger partial charge in [0.05, 0.1) is 11.4 Å². The molecule has 0 saturated heterocycles. The molecule has 128 valence electrons. The molecule has 0 N–H and O–H groups in total. The summed E-state index contributed by atoms with van der Waals surface area (Å²) in [6.45, 7) is 0. The van der Waals surface area contributed by atoms with Gasteiger partial charge in [0.15, 0.2) is 0 Å². The fourth-order valence-corrected chi connectivity index (χ4v) is 4.10. The van der Waals surface area contributed by atoms with Crippen molar-refractivity contribution in [3.63, 3.8) is 0 Å². The highest BCUT2D eigenvalue weighted by atomic mass is 79.9. The number of halogens is 1. The molecule has 5 rings (SSSR count). The van der Waals surface area contributed by atoms with Crippen LogP contribution in [-0.4, -0.2) is 4.98 Å². The van der Waals surface area contributed by atoms with Crippen LogP contribution in [0.1, 0.15) is 0 Å². The van der Waals surface area contributed by atoms with Crippen molar-refractivity contribution in [3.05, 3.63) is 102 Å². The highest BCUT2D eigenvalue weighted by Gasteiger charge is 2.10. The monoisotopic (exact) mass is 409 g/mol. The summed E-state index contributed by atoms with van der Waals surface area (Å²) in [6.07, 6.45) is 0. The Kier molecular flexibility index (Phi) is 3.99. The first-order chi connectivity index (χ1) is 13.3. The zero-order chi connectivity index (χ0) is 18.2. The molecule has 0 saturated carbocycles. The van der Waals surface area contributed by atoms with Crippen molar-refractivity contribution in [2.75, 3.05) is 0 Å². The molecule has 1 heterocycles. The third kappa shape index (κ3) is 2.92. The summed E-state index contributed by atoms with van der Waals surface area (Å²) in [5.74, 6) is 0. The lowest BCUT2D eigenvalue weighted by Crippen LogP contribution is -1.91. The third-order valence-electron chi connectivity index (χ3n) is 4.92. The molecule has 0 bridgehead atoms. The van der Waals surface area contributed by atoms with Crippen LogP contribution in [0.5, 0.6) is 0 Å². The standard InChI is InChI=1S/C25H16BrN/c26-19-15-24(22-13-5-9-17-7-1-3-11-20(17)22)27-25(16-19)23-14-6-10-18-8-2-4-12-21(18)23/h1-16H. The molecule has 0 aliphatic carbocycles. The first-order valence-electron chi connectivity index (χ1n) is 8.93. The van der Waals surface area contributed by atoms with E-state index in [9.17, 15) is 0 Å². The summed E-state index contributed by atoms with van der Waals surface area (Å²) < 4.78 is 1.03. The second-order valence-corrected chi connectivity index (χ2v) is 7.52. The van der Waals surface area contributed by atoms with E-state index in [0.717, 1.165) is 27.0 Å². The molecule has 27 heavy (non-hydrogen) atoms. The minimum atomic E-state index is 0.976. The minimum absolute atomic E-state index is 0.976. The van der Waals surface area contributed by atoms with Gasteiger partial charge in [-0.1, -0.05) is 101 Å². The summed E-state index contributed by atoms with van der Waals surface area (Å²) in [5, 5.41) is 4.89. The molecule has 2 heteroatoms. The number of hydrogen-bond donors (Lipinski definition) is 0. The number of benzene rings is 4. The van der Waals surface area contributed by atoms with E-state index in [1.807, 2.05) is 0 Å². The van der Waals surface area contributed by atoms with Gasteiger partial charge in [0.2, 0.25) is 0 Å². The average molecular weight is 410 g/mol. The minimum Gasteiger partial charge on any atom is -0.248 e. The lowest BCUT2D eigenvalue weighted by Gasteiger charge is -2.11. The summed E-state index contributed by atoms with van der Waals surface area (Å²) in [4.78, 5) is 5.04. The van der Waals surface area contributed by atoms with Crippen molar-refractivity contribution in [2.24, 2.45) is 0 Å². The fraction of sp³-hybridized carbons (Fsp3) is 0. The molecule has 0 amide bonds. The van der Waals surface area contributed by atoms with Crippen LogP contribution in [0.15, 0.2) is 102 Å². The highest BCUT2D eigenvalue weighted by Crippen LogP contribution is 2.34. The Hall–Kier alpha value is -2.97. The molecule has 1 aromatic heterocycles. The van der Waals surface area contributed by atoms with Crippen molar-refractivity contribution in [3.8, 4) is 22.5 Å². The molecule has 0 unspecified atom stereocenters. The van der Waals surface area contributed by atoms with E-state index in [0.29, 0.717) is 0 Å². The second kappa shape index (κ2) is 6.64. The van der Waals surface area contributed by atoms with Gasteiger partial charge in [-0.2, -0.15) is 0 Å². The van der Waals surface area contributed by atoms with E-state index < -0.39 is 0 Å². The lowest BCUT2D eigenvalue weighted by molar-refractivity contribution is 1.32. The van der Waals surface area contributed by atoms with Crippen LogP contribution in [0, 0.1) is 0 Å². The third-order valence-corrected chi connectivity index (χ3v) is 5.38. The molecule has 0 aliphatic heterocycles. The molecule has 0 fully saturated rings. The zero-order valence-electron chi connectivity index (χ0n) is 14.6. The molecule has 5 aromatic rings. The van der Waals surface area contributed by atoms with Gasteiger partial charge in [0.25, 0.3) is 0 Å². The van der Waals surface area contributed by atoms with E-state index in [1.165, 1.54) is 21.5 Å². The van der Waals surface area contributed by atoms with Crippen LogP contribution in [0.25, 0.3) is 44.1 Å². The van der Waals surface area contributed by atoms with Gasteiger partial charge >= 0.3 is 0 Å². The van der Waals surface area contributed by atoms with Crippen LogP contribution in [-0.2, 0) is 0 Å². The van der Waals surface area contributed by atoms with Crippen molar-refractivity contribution in [2.45, 2.75) is 0 Å². The van der Waals surface area contributed by atoms with Crippen LogP contribution >= 0.6 is 15.9 Å². The van der Waals surface area contributed by atoms with Gasteiger partial charge < -0.3 is 0 Å². The Morgan fingerprint density at radius 1 is 0.519 bits per heavy atom. The predicted molar refractivity (Wildman–Crippen MR) is 118 cm³/mol. The van der Waals surface area contributed by atoms with Crippen LogP contribution in [0.3, 0.4) is 0 Å². The van der Waals surface area contributed by atoms with Crippen LogP contribution < -0.4 is 0 Å². The van der Waals surface area contributed by atoms with Crippen molar-refractivity contribution in [1.82, 2.24) is 4.98 Å². The zero-order valence-corrected chi connectivity index (χ0v) is 16.1. The Labute approximate surface area is 166 Å². The first-order valence-corrected chi connectivity index (χ1v) is 9.73. The maximum absolute atomic E-state index is 5.04. The van der Waals surface area contributed by atoms with Gasteiger partial charge in [-0.05, 0) is 33.7 Å². The molecule has 0 atom stereocenters. The maximum atomic E-state index is 5.04. The molecular formula is C25H16BrN. The lowest BCUT2D eigenvalue weighted by atomic mass is 9.99. The summed E-state index contributed by atoms with van der Waals surface area (Å²) in [7, 11) is 0. The smallest absolute Gasteiger partial charge is 0.0727 e. The maximum Gasteiger partial charge on any atom is 0.0727 e. The largest absolute Gasteiger partial charge is 0.248 e. The van der Waals surface area contributed by atoms with E-state index in [-0.39, 0.29) is 0 Å². The average Bonchev–Trinajstić information content (AvgIpc) is 2.72. The Bertz CT molecular complexity index is 1180. The van der Waals surface area contributed by atoms with Gasteiger partial charge in [-0.15, -0.1) is 0 Å². The molecule has 0 spiro atoms. The Morgan fingerprint density at radius 3 is 1.48 bits per heavy atom. The first kappa shape index (κ1) is 16.2. The normalized spacial score (nSPS) is 11.1. The van der Waals surface area contributed by atoms with Gasteiger partial charge in [0.1, 0.15) is 0 Å². The molecule has 0 aliphatic rings. The molecule has 0 radical (unpaired) electrons. The molecular weight excluding hydrogens is 394 g/mol. The number of nitrogens with zero attached hydrogens (tertiary/aromatic N) is 1. The van der Waals surface area contributed by atoms with Crippen molar-refractivity contribution in [1.29, 1.82) is 0 Å². The van der Waals surface area contributed by atoms with Crippen molar-refractivity contribution < 1.29 is 0 Å². The Balaban J connectivity index is 1.76. The summed E-state index contributed by atoms with van der Waals surface area (Å²) in [5.41, 5.74) is 4.25. The van der Waals surface area contributed by atoms with E-state index in [1.54, 1.807) is 0 Å². The van der Waals surface area contributed by atoms with E-state index in [2.05, 4.69) is 113 Å². The summed E-state index contributed by atoms with van der Waals surface area (Å²) >= 11 is 3.70. The van der Waals surface area contributed by atoms with Crippen LogP contribution in [0.2, 0.25) is 0 Å². The van der Waals surface area contributed by atoms with Gasteiger partial charge in [0, 0.05) is 15.6 Å². The van der Waals surface area contributed by atoms with Gasteiger partial charge in [-0.3, -0.25) is 0 Å².